The average molecular weight is 613 g/mol. The number of amides is 2. The Hall–Kier alpha value is -3.33. The number of allylic oxidation sites excluding steroid dienone is 4. The highest BCUT2D eigenvalue weighted by Gasteiger charge is 2.49. The lowest BCUT2D eigenvalue weighted by Crippen LogP contribution is -2.48. The molecular weight excluding hydrogens is 564 g/mol. The van der Waals surface area contributed by atoms with E-state index in [9.17, 15) is 19.5 Å². The van der Waals surface area contributed by atoms with Crippen LogP contribution in [-0.4, -0.2) is 53.6 Å². The first-order valence-electron chi connectivity index (χ1n) is 15.1. The fraction of sp³-hybridized carbons (Fsp3) is 0.559. The van der Waals surface area contributed by atoms with Gasteiger partial charge in [0.25, 0.3) is 5.91 Å². The summed E-state index contributed by atoms with van der Waals surface area (Å²) in [7, 11) is 1.43. The van der Waals surface area contributed by atoms with Crippen molar-refractivity contribution in [1.82, 2.24) is 10.2 Å². The van der Waals surface area contributed by atoms with Crippen molar-refractivity contribution in [1.29, 1.82) is 0 Å². The summed E-state index contributed by atoms with van der Waals surface area (Å²) >= 11 is 1.37. The number of nitrogens with one attached hydrogen (secondary N) is 1. The number of hydrogen-bond acceptors (Lipinski definition) is 7. The quantitative estimate of drug-likeness (QED) is 0.110. The van der Waals surface area contributed by atoms with Crippen molar-refractivity contribution >= 4 is 29.1 Å². The number of rotatable bonds is 13. The molecule has 0 bridgehead atoms. The summed E-state index contributed by atoms with van der Waals surface area (Å²) in [6.45, 7) is 15.2. The Labute approximate surface area is 260 Å². The van der Waals surface area contributed by atoms with E-state index in [4.69, 9.17) is 9.47 Å². The molecule has 1 aromatic heterocycles. The predicted octanol–water partition coefficient (Wildman–Crippen LogP) is 6.79. The van der Waals surface area contributed by atoms with Crippen molar-refractivity contribution in [2.24, 2.45) is 16.7 Å². The topological polar surface area (TPSA) is 105 Å². The molecule has 1 saturated heterocycles. The minimum absolute atomic E-state index is 0.0712. The maximum atomic E-state index is 13.8. The van der Waals surface area contributed by atoms with Crippen LogP contribution in [-0.2, 0) is 23.9 Å². The van der Waals surface area contributed by atoms with E-state index < -0.39 is 18.0 Å². The molecule has 236 valence electrons. The third kappa shape index (κ3) is 8.40. The van der Waals surface area contributed by atoms with Gasteiger partial charge in [0.15, 0.2) is 11.5 Å². The molecule has 2 aliphatic rings. The van der Waals surface area contributed by atoms with E-state index in [1.165, 1.54) is 36.7 Å². The molecule has 4 atom stereocenters. The van der Waals surface area contributed by atoms with Gasteiger partial charge in [-0.3, -0.25) is 9.59 Å². The van der Waals surface area contributed by atoms with Crippen LogP contribution in [0.25, 0.3) is 0 Å². The molecule has 2 N–H and O–H groups in total. The van der Waals surface area contributed by atoms with Crippen LogP contribution in [0.1, 0.15) is 84.1 Å². The van der Waals surface area contributed by atoms with Crippen molar-refractivity contribution in [3.05, 3.63) is 70.9 Å². The highest BCUT2D eigenvalue weighted by molar-refractivity contribution is 7.10. The fourth-order valence-electron chi connectivity index (χ4n) is 6.06. The number of hydrogen-bond donors (Lipinski definition) is 2. The van der Waals surface area contributed by atoms with Gasteiger partial charge in [-0.2, -0.15) is 0 Å². The molecule has 9 heteroatoms. The largest absolute Gasteiger partial charge is 0.504 e. The number of likely N-dealkylation sites (tertiary alicyclic amines) is 1. The van der Waals surface area contributed by atoms with E-state index >= 15 is 0 Å². The predicted molar refractivity (Wildman–Crippen MR) is 170 cm³/mol. The molecule has 0 aromatic carbocycles. The zero-order valence-electron chi connectivity index (χ0n) is 26.4. The molecule has 0 radical (unpaired) electrons. The Kier molecular flexibility index (Phi) is 11.8. The van der Waals surface area contributed by atoms with E-state index in [1.807, 2.05) is 18.4 Å². The molecule has 1 aromatic rings. The Bertz CT molecular complexity index is 1230. The number of esters is 1. The molecule has 4 unspecified atom stereocenters. The Morgan fingerprint density at radius 1 is 1.21 bits per heavy atom. The van der Waals surface area contributed by atoms with Gasteiger partial charge < -0.3 is 24.8 Å². The lowest BCUT2D eigenvalue weighted by atomic mass is 9.66. The second kappa shape index (κ2) is 14.9. The summed E-state index contributed by atoms with van der Waals surface area (Å²) in [4.78, 5) is 42.2. The number of aliphatic hydroxyl groups is 1. The highest BCUT2D eigenvalue weighted by Crippen LogP contribution is 2.57. The van der Waals surface area contributed by atoms with E-state index in [2.05, 4.69) is 39.6 Å². The van der Waals surface area contributed by atoms with Gasteiger partial charge in [0, 0.05) is 11.4 Å². The number of thiophene rings is 1. The molecule has 2 amide bonds. The van der Waals surface area contributed by atoms with Crippen LogP contribution in [0.4, 0.5) is 0 Å². The van der Waals surface area contributed by atoms with Crippen LogP contribution in [0, 0.1) is 16.7 Å². The van der Waals surface area contributed by atoms with Crippen LogP contribution < -0.4 is 5.32 Å². The smallest absolute Gasteiger partial charge is 0.329 e. The lowest BCUT2D eigenvalue weighted by Gasteiger charge is -2.40. The summed E-state index contributed by atoms with van der Waals surface area (Å²) in [6, 6.07) is 2.05. The highest BCUT2D eigenvalue weighted by atomic mass is 32.1. The van der Waals surface area contributed by atoms with Crippen LogP contribution in [0.3, 0.4) is 0 Å². The molecule has 43 heavy (non-hydrogen) atoms. The average Bonchev–Trinajstić information content (AvgIpc) is 3.70. The van der Waals surface area contributed by atoms with E-state index in [0.717, 1.165) is 19.3 Å². The second-order valence-corrected chi connectivity index (χ2v) is 13.6. The monoisotopic (exact) mass is 612 g/mol. The van der Waals surface area contributed by atoms with Crippen molar-refractivity contribution in [3.63, 3.8) is 0 Å². The SMILES string of the molecule is C=C/C(OC)=C(O)\C=C/C/C=C/C(=O)NC(C(=O)N1CCCC1C(=O)OC(C)CC1CCC(C)(C)C1(C)C)c1cccs1. The van der Waals surface area contributed by atoms with Gasteiger partial charge in [0.05, 0.1) is 13.2 Å². The molecule has 8 nitrogen and oxygen atoms in total. The fourth-order valence-corrected chi connectivity index (χ4v) is 6.83. The summed E-state index contributed by atoms with van der Waals surface area (Å²) in [5.74, 6) is -0.486. The van der Waals surface area contributed by atoms with Gasteiger partial charge in [0.2, 0.25) is 5.91 Å². The Morgan fingerprint density at radius 2 is 1.93 bits per heavy atom. The maximum absolute atomic E-state index is 13.8. The molecule has 0 spiro atoms. The van der Waals surface area contributed by atoms with Crippen LogP contribution in [0.15, 0.2) is 66.0 Å². The van der Waals surface area contributed by atoms with Crippen molar-refractivity contribution < 1.29 is 29.0 Å². The van der Waals surface area contributed by atoms with Gasteiger partial charge >= 0.3 is 5.97 Å². The third-order valence-corrected chi connectivity index (χ3v) is 10.4. The van der Waals surface area contributed by atoms with Gasteiger partial charge in [-0.1, -0.05) is 52.5 Å². The van der Waals surface area contributed by atoms with Gasteiger partial charge in [-0.15, -0.1) is 11.3 Å². The normalized spacial score (nSPS) is 23.2. The third-order valence-electron chi connectivity index (χ3n) is 9.46. The number of ether oxygens (including phenoxy) is 2. The van der Waals surface area contributed by atoms with Crippen LogP contribution in [0.2, 0.25) is 0 Å². The molecule has 2 heterocycles. The van der Waals surface area contributed by atoms with E-state index in [1.54, 1.807) is 23.1 Å². The van der Waals surface area contributed by atoms with Crippen LogP contribution >= 0.6 is 11.3 Å². The standard InChI is InChI=1S/C34H48N2O6S/c1-8-27(41-7)26(37)15-10-9-11-17-29(38)35-30(28-16-13-21-43-28)31(39)36-20-12-14-25(36)32(40)42-23(2)22-24-18-19-33(3,4)34(24,5)6/h8,10-11,13,15-17,21,23-25,30,37H,1,9,12,14,18-20,22H2,2-7H3,(H,35,38)/b15-10-,17-11+,27-26-. The van der Waals surface area contributed by atoms with Gasteiger partial charge in [-0.25, -0.2) is 4.79 Å². The number of aliphatic hydroxyl groups excluding tert-OH is 1. The maximum Gasteiger partial charge on any atom is 0.329 e. The molecule has 2 fully saturated rings. The zero-order chi connectivity index (χ0) is 31.8. The zero-order valence-corrected chi connectivity index (χ0v) is 27.2. The first-order chi connectivity index (χ1) is 20.3. The number of methoxy groups -OCH3 is 1. The van der Waals surface area contributed by atoms with Crippen molar-refractivity contribution in [3.8, 4) is 0 Å². The Morgan fingerprint density at radius 3 is 2.53 bits per heavy atom. The molecule has 1 saturated carbocycles. The van der Waals surface area contributed by atoms with Crippen molar-refractivity contribution in [2.75, 3.05) is 13.7 Å². The van der Waals surface area contributed by atoms with Crippen molar-refractivity contribution in [2.45, 2.75) is 91.3 Å². The van der Waals surface area contributed by atoms with Crippen LogP contribution in [0.5, 0.6) is 0 Å². The molecule has 3 rings (SSSR count). The van der Waals surface area contributed by atoms with E-state index in [-0.39, 0.29) is 40.3 Å². The lowest BCUT2D eigenvalue weighted by molar-refractivity contribution is -0.159. The number of carbonyl (C=O) groups is 3. The summed E-state index contributed by atoms with van der Waals surface area (Å²) in [6.07, 6.45) is 11.9. The summed E-state index contributed by atoms with van der Waals surface area (Å²) < 4.78 is 10.9. The first-order valence-corrected chi connectivity index (χ1v) is 16.0. The number of carbonyl (C=O) groups excluding carboxylic acids is 3. The Balaban J connectivity index is 1.63. The summed E-state index contributed by atoms with van der Waals surface area (Å²) in [5.41, 5.74) is 0.390. The van der Waals surface area contributed by atoms with Gasteiger partial charge in [0.1, 0.15) is 12.1 Å². The first kappa shape index (κ1) is 34.2. The molecule has 1 aliphatic carbocycles. The molecule has 1 aliphatic heterocycles. The minimum Gasteiger partial charge on any atom is -0.504 e. The number of nitrogens with zero attached hydrogens (tertiary/aromatic N) is 1. The second-order valence-electron chi connectivity index (χ2n) is 12.7. The van der Waals surface area contributed by atoms with E-state index in [0.29, 0.717) is 36.6 Å². The minimum atomic E-state index is -0.913. The molecular formula is C34H48N2O6S. The summed E-state index contributed by atoms with van der Waals surface area (Å²) in [5, 5.41) is 14.6. The van der Waals surface area contributed by atoms with Gasteiger partial charge in [-0.05, 0) is 91.9 Å².